The number of rotatable bonds is 11. The van der Waals surface area contributed by atoms with Crippen molar-refractivity contribution < 1.29 is 9.59 Å². The van der Waals surface area contributed by atoms with Gasteiger partial charge in [0.2, 0.25) is 0 Å². The van der Waals surface area contributed by atoms with Crippen LogP contribution in [0, 0.1) is 6.92 Å². The highest BCUT2D eigenvalue weighted by atomic mass is 32.1. The van der Waals surface area contributed by atoms with Crippen LogP contribution in [0.2, 0.25) is 0 Å². The molecule has 0 aliphatic carbocycles. The lowest BCUT2D eigenvalue weighted by molar-refractivity contribution is 0.0785. The molecule has 0 saturated heterocycles. The minimum absolute atomic E-state index is 0.0669. The van der Waals surface area contributed by atoms with E-state index in [9.17, 15) is 9.59 Å². The standard InChI is InChI=1S/C29H40N6O2S/c1-20-19-38-26(33-20)18-35(7)28(37)23-12-22(13-25(14-23)34(5)6)27(36)32-10-8-9-30-15-21-11-24(17-31-16-21)29(2,3)4/h11-14,16-17,19,30H,8-10,15,18H2,1-7H3,(H,32,36). The lowest BCUT2D eigenvalue weighted by atomic mass is 9.88. The fourth-order valence-electron chi connectivity index (χ4n) is 3.84. The van der Waals surface area contributed by atoms with E-state index in [0.717, 1.165) is 41.5 Å². The molecule has 2 amide bonds. The summed E-state index contributed by atoms with van der Waals surface area (Å²) in [6.07, 6.45) is 4.59. The number of carbonyl (C=O) groups is 2. The summed E-state index contributed by atoms with van der Waals surface area (Å²) in [6, 6.07) is 7.48. The summed E-state index contributed by atoms with van der Waals surface area (Å²) in [7, 11) is 5.54. The molecule has 0 bridgehead atoms. The number of hydrogen-bond donors (Lipinski definition) is 2. The van der Waals surface area contributed by atoms with Crippen LogP contribution in [0.25, 0.3) is 0 Å². The van der Waals surface area contributed by atoms with Gasteiger partial charge in [0.25, 0.3) is 11.8 Å². The van der Waals surface area contributed by atoms with E-state index in [0.29, 0.717) is 24.2 Å². The van der Waals surface area contributed by atoms with Crippen molar-refractivity contribution >= 4 is 28.8 Å². The maximum absolute atomic E-state index is 13.2. The zero-order valence-corrected chi connectivity index (χ0v) is 24.4. The van der Waals surface area contributed by atoms with Crippen LogP contribution in [-0.4, -0.2) is 60.9 Å². The van der Waals surface area contributed by atoms with E-state index in [1.165, 1.54) is 16.9 Å². The quantitative estimate of drug-likeness (QED) is 0.353. The summed E-state index contributed by atoms with van der Waals surface area (Å²) in [5, 5.41) is 9.26. The predicted molar refractivity (Wildman–Crippen MR) is 155 cm³/mol. The van der Waals surface area contributed by atoms with Crippen LogP contribution >= 0.6 is 11.3 Å². The van der Waals surface area contributed by atoms with Crippen molar-refractivity contribution in [3.05, 3.63) is 75.0 Å². The number of aryl methyl sites for hydroxylation is 1. The number of pyridine rings is 1. The molecule has 204 valence electrons. The molecule has 0 atom stereocenters. The van der Waals surface area contributed by atoms with Gasteiger partial charge in [-0.25, -0.2) is 4.98 Å². The average Bonchev–Trinajstić information content (AvgIpc) is 3.29. The van der Waals surface area contributed by atoms with Gasteiger partial charge in [-0.15, -0.1) is 11.3 Å². The topological polar surface area (TPSA) is 90.5 Å². The van der Waals surface area contributed by atoms with Crippen LogP contribution < -0.4 is 15.5 Å². The van der Waals surface area contributed by atoms with Gasteiger partial charge in [0, 0.05) is 74.5 Å². The average molecular weight is 537 g/mol. The van der Waals surface area contributed by atoms with Crippen LogP contribution in [-0.2, 0) is 18.5 Å². The Bertz CT molecular complexity index is 1250. The number of nitrogens with one attached hydrogen (secondary N) is 2. The molecular weight excluding hydrogens is 496 g/mol. The van der Waals surface area contributed by atoms with Gasteiger partial charge >= 0.3 is 0 Å². The van der Waals surface area contributed by atoms with Gasteiger partial charge in [-0.3, -0.25) is 14.6 Å². The van der Waals surface area contributed by atoms with Crippen LogP contribution in [0.4, 0.5) is 5.69 Å². The predicted octanol–water partition coefficient (Wildman–Crippen LogP) is 4.39. The Kier molecular flexibility index (Phi) is 9.99. The van der Waals surface area contributed by atoms with Gasteiger partial charge in [0.05, 0.1) is 6.54 Å². The first kappa shape index (κ1) is 29.3. The summed E-state index contributed by atoms with van der Waals surface area (Å²) in [5.41, 5.74) is 5.12. The van der Waals surface area contributed by atoms with Crippen LogP contribution in [0.15, 0.2) is 42.0 Å². The second kappa shape index (κ2) is 13.0. The van der Waals surface area contributed by atoms with Gasteiger partial charge in [-0.05, 0) is 54.6 Å². The number of carbonyl (C=O) groups excluding carboxylic acids is 2. The van der Waals surface area contributed by atoms with Crippen molar-refractivity contribution in [2.24, 2.45) is 0 Å². The third-order valence-electron chi connectivity index (χ3n) is 6.13. The van der Waals surface area contributed by atoms with E-state index in [1.807, 2.05) is 55.8 Å². The van der Waals surface area contributed by atoms with Gasteiger partial charge < -0.3 is 20.4 Å². The number of thiazole rings is 1. The molecule has 0 spiro atoms. The van der Waals surface area contributed by atoms with Crippen LogP contribution in [0.1, 0.15) is 69.7 Å². The van der Waals surface area contributed by atoms with Crippen molar-refractivity contribution in [3.63, 3.8) is 0 Å². The van der Waals surface area contributed by atoms with Crippen molar-refractivity contribution in [2.75, 3.05) is 39.1 Å². The van der Waals surface area contributed by atoms with E-state index in [2.05, 4.69) is 47.4 Å². The van der Waals surface area contributed by atoms with E-state index in [-0.39, 0.29) is 17.2 Å². The molecule has 2 aromatic heterocycles. The molecular formula is C29H40N6O2S. The molecule has 38 heavy (non-hydrogen) atoms. The Hall–Kier alpha value is -3.30. The minimum atomic E-state index is -0.192. The first-order valence-electron chi connectivity index (χ1n) is 12.9. The Balaban J connectivity index is 1.54. The number of aromatic nitrogens is 2. The first-order valence-corrected chi connectivity index (χ1v) is 13.7. The highest BCUT2D eigenvalue weighted by Crippen LogP contribution is 2.22. The minimum Gasteiger partial charge on any atom is -0.378 e. The van der Waals surface area contributed by atoms with E-state index >= 15 is 0 Å². The van der Waals surface area contributed by atoms with Crippen LogP contribution in [0.5, 0.6) is 0 Å². The van der Waals surface area contributed by atoms with E-state index < -0.39 is 0 Å². The molecule has 8 nitrogen and oxygen atoms in total. The van der Waals surface area contributed by atoms with E-state index in [4.69, 9.17) is 0 Å². The molecule has 3 aromatic rings. The van der Waals surface area contributed by atoms with Crippen molar-refractivity contribution in [1.82, 2.24) is 25.5 Å². The second-order valence-corrected chi connectivity index (χ2v) is 11.8. The number of anilines is 1. The lowest BCUT2D eigenvalue weighted by Crippen LogP contribution is -2.29. The summed E-state index contributed by atoms with van der Waals surface area (Å²) < 4.78 is 0. The molecule has 3 rings (SSSR count). The van der Waals surface area contributed by atoms with Gasteiger partial charge in [-0.2, -0.15) is 0 Å². The van der Waals surface area contributed by atoms with Crippen molar-refractivity contribution in [3.8, 4) is 0 Å². The summed E-state index contributed by atoms with van der Waals surface area (Å²) in [6.45, 7) is 10.9. The third kappa shape index (κ3) is 8.36. The molecule has 0 unspecified atom stereocenters. The summed E-state index contributed by atoms with van der Waals surface area (Å²) in [5.74, 6) is -0.340. The Morgan fingerprint density at radius 2 is 1.74 bits per heavy atom. The molecule has 9 heteroatoms. The molecule has 0 aliphatic rings. The normalized spacial score (nSPS) is 11.3. The van der Waals surface area contributed by atoms with Crippen molar-refractivity contribution in [1.29, 1.82) is 0 Å². The van der Waals surface area contributed by atoms with Crippen molar-refractivity contribution in [2.45, 2.75) is 52.6 Å². The molecule has 2 N–H and O–H groups in total. The monoisotopic (exact) mass is 536 g/mol. The van der Waals surface area contributed by atoms with Gasteiger partial charge in [-0.1, -0.05) is 26.8 Å². The number of benzene rings is 1. The van der Waals surface area contributed by atoms with E-state index in [1.54, 1.807) is 18.0 Å². The molecule has 0 aliphatic heterocycles. The Morgan fingerprint density at radius 3 is 2.39 bits per heavy atom. The molecule has 0 saturated carbocycles. The largest absolute Gasteiger partial charge is 0.378 e. The Labute approximate surface area is 230 Å². The van der Waals surface area contributed by atoms with Gasteiger partial charge in [0.1, 0.15) is 5.01 Å². The van der Waals surface area contributed by atoms with Gasteiger partial charge in [0.15, 0.2) is 0 Å². The fraction of sp³-hybridized carbons (Fsp3) is 0.448. The smallest absolute Gasteiger partial charge is 0.254 e. The van der Waals surface area contributed by atoms with Crippen LogP contribution in [0.3, 0.4) is 0 Å². The highest BCUT2D eigenvalue weighted by molar-refractivity contribution is 7.09. The molecule has 1 aromatic carbocycles. The molecule has 2 heterocycles. The maximum atomic E-state index is 13.2. The molecule has 0 fully saturated rings. The second-order valence-electron chi connectivity index (χ2n) is 10.8. The summed E-state index contributed by atoms with van der Waals surface area (Å²) in [4.78, 5) is 38.5. The number of nitrogens with zero attached hydrogens (tertiary/aromatic N) is 4. The highest BCUT2D eigenvalue weighted by Gasteiger charge is 2.18. The maximum Gasteiger partial charge on any atom is 0.254 e. The zero-order valence-electron chi connectivity index (χ0n) is 23.6. The molecule has 0 radical (unpaired) electrons. The zero-order chi connectivity index (χ0) is 27.9. The third-order valence-corrected chi connectivity index (χ3v) is 7.09. The number of amides is 2. The Morgan fingerprint density at radius 1 is 1.00 bits per heavy atom. The lowest BCUT2D eigenvalue weighted by Gasteiger charge is -2.19. The SMILES string of the molecule is Cc1csc(CN(C)C(=O)c2cc(C(=O)NCCCNCc3cncc(C(C)(C)C)c3)cc(N(C)C)c2)n1. The summed E-state index contributed by atoms with van der Waals surface area (Å²) >= 11 is 1.54. The number of hydrogen-bond acceptors (Lipinski definition) is 7. The fourth-order valence-corrected chi connectivity index (χ4v) is 4.66. The first-order chi connectivity index (χ1) is 17.9.